The third kappa shape index (κ3) is 4.59. The molecule has 28 heavy (non-hydrogen) atoms. The number of hydrogen-bond acceptors (Lipinski definition) is 4. The molecule has 3 heterocycles. The Hall–Kier alpha value is -1.83. The van der Waals surface area contributed by atoms with Crippen LogP contribution in [0.15, 0.2) is 30.3 Å². The van der Waals surface area contributed by atoms with Gasteiger partial charge in [0.05, 0.1) is 12.6 Å². The second kappa shape index (κ2) is 9.11. The molecule has 2 saturated heterocycles. The standard InChI is InChI=1S/C21H32N6O/c1-17(2)20(21-22-23-24-27(21)16-19-9-6-14-28-19)26-12-10-25(11-13-26)15-18-7-4-3-5-8-18/h3-5,7-8,17,19-20H,6,9-16H2,1-2H3/p+2/t19-,20+/m0/s1. The van der Waals surface area contributed by atoms with Gasteiger partial charge in [-0.3, -0.25) is 0 Å². The van der Waals surface area contributed by atoms with Crippen LogP contribution in [0.25, 0.3) is 0 Å². The van der Waals surface area contributed by atoms with E-state index in [-0.39, 0.29) is 6.10 Å². The van der Waals surface area contributed by atoms with Gasteiger partial charge in [0.1, 0.15) is 32.7 Å². The topological polar surface area (TPSA) is 61.7 Å². The van der Waals surface area contributed by atoms with Crippen LogP contribution in [0.3, 0.4) is 0 Å². The molecule has 0 saturated carbocycles. The third-order valence-electron chi connectivity index (χ3n) is 6.24. The minimum atomic E-state index is 0.261. The van der Waals surface area contributed by atoms with Gasteiger partial charge in [-0.2, -0.15) is 0 Å². The number of ether oxygens (including phenoxy) is 1. The fraction of sp³-hybridized carbons (Fsp3) is 0.667. The van der Waals surface area contributed by atoms with Crippen molar-refractivity contribution < 1.29 is 14.5 Å². The molecule has 0 radical (unpaired) electrons. The molecule has 1 aromatic carbocycles. The quantitative estimate of drug-likeness (QED) is 0.676. The van der Waals surface area contributed by atoms with E-state index in [1.54, 1.807) is 9.80 Å². The largest absolute Gasteiger partial charge is 0.376 e. The lowest BCUT2D eigenvalue weighted by Gasteiger charge is -2.35. The van der Waals surface area contributed by atoms with Crippen LogP contribution in [0.5, 0.6) is 0 Å². The molecule has 2 atom stereocenters. The van der Waals surface area contributed by atoms with Crippen LogP contribution in [-0.4, -0.2) is 59.1 Å². The smallest absolute Gasteiger partial charge is 0.209 e. The summed E-state index contributed by atoms with van der Waals surface area (Å²) in [4.78, 5) is 3.30. The van der Waals surface area contributed by atoms with Crippen molar-refractivity contribution >= 4 is 0 Å². The van der Waals surface area contributed by atoms with Crippen molar-refractivity contribution in [2.75, 3.05) is 32.8 Å². The second-order valence-corrected chi connectivity index (χ2v) is 8.65. The molecule has 7 nitrogen and oxygen atoms in total. The van der Waals surface area contributed by atoms with Gasteiger partial charge >= 0.3 is 0 Å². The van der Waals surface area contributed by atoms with E-state index >= 15 is 0 Å². The van der Waals surface area contributed by atoms with E-state index in [0.717, 1.165) is 51.5 Å². The molecule has 2 N–H and O–H groups in total. The summed E-state index contributed by atoms with van der Waals surface area (Å²) in [6, 6.07) is 11.2. The van der Waals surface area contributed by atoms with Gasteiger partial charge < -0.3 is 14.5 Å². The van der Waals surface area contributed by atoms with E-state index in [9.17, 15) is 0 Å². The Morgan fingerprint density at radius 2 is 1.93 bits per heavy atom. The van der Waals surface area contributed by atoms with Gasteiger partial charge in [0.15, 0.2) is 6.04 Å². The molecule has 152 valence electrons. The van der Waals surface area contributed by atoms with E-state index in [4.69, 9.17) is 4.74 Å². The Morgan fingerprint density at radius 3 is 2.61 bits per heavy atom. The maximum absolute atomic E-state index is 5.81. The number of tetrazole rings is 1. The summed E-state index contributed by atoms with van der Waals surface area (Å²) >= 11 is 0. The summed E-state index contributed by atoms with van der Waals surface area (Å²) in [5.41, 5.74) is 1.43. The predicted octanol–water partition coefficient (Wildman–Crippen LogP) is -0.467. The summed E-state index contributed by atoms with van der Waals surface area (Å²) in [6.45, 7) is 12.1. The molecule has 4 rings (SSSR count). The van der Waals surface area contributed by atoms with Crippen molar-refractivity contribution in [3.63, 3.8) is 0 Å². The molecular formula is C21H34N6O+2. The average molecular weight is 387 g/mol. The molecule has 2 aliphatic rings. The number of benzene rings is 1. The summed E-state index contributed by atoms with van der Waals surface area (Å²) in [6.07, 6.45) is 2.52. The SMILES string of the molecule is CC(C)[C@H](c1nnnn1C[C@@H]1CCCO1)[NH+]1CC[NH+](Cc2ccccc2)CC1. The maximum Gasteiger partial charge on any atom is 0.209 e. The summed E-state index contributed by atoms with van der Waals surface area (Å²) in [5, 5.41) is 12.8. The minimum Gasteiger partial charge on any atom is -0.376 e. The highest BCUT2D eigenvalue weighted by Crippen LogP contribution is 2.19. The summed E-state index contributed by atoms with van der Waals surface area (Å²) in [7, 11) is 0. The first-order chi connectivity index (χ1) is 13.7. The van der Waals surface area contributed by atoms with Crippen molar-refractivity contribution in [1.82, 2.24) is 20.2 Å². The number of nitrogens with one attached hydrogen (secondary N) is 2. The fourth-order valence-electron chi connectivity index (χ4n) is 4.79. The Bertz CT molecular complexity index is 720. The van der Waals surface area contributed by atoms with Crippen LogP contribution in [0.4, 0.5) is 0 Å². The first kappa shape index (κ1) is 19.5. The van der Waals surface area contributed by atoms with E-state index in [1.807, 2.05) is 4.68 Å². The molecule has 0 unspecified atom stereocenters. The number of nitrogens with zero attached hydrogens (tertiary/aromatic N) is 4. The number of aromatic nitrogens is 4. The van der Waals surface area contributed by atoms with Gasteiger partial charge in [-0.15, -0.1) is 5.10 Å². The van der Waals surface area contributed by atoms with E-state index in [1.165, 1.54) is 18.7 Å². The monoisotopic (exact) mass is 386 g/mol. The van der Waals surface area contributed by atoms with Gasteiger partial charge in [0, 0.05) is 18.1 Å². The Morgan fingerprint density at radius 1 is 1.14 bits per heavy atom. The zero-order valence-electron chi connectivity index (χ0n) is 17.2. The molecule has 1 aromatic heterocycles. The lowest BCUT2D eigenvalue weighted by atomic mass is 10.0. The van der Waals surface area contributed by atoms with Gasteiger partial charge in [-0.1, -0.05) is 44.2 Å². The Kier molecular flexibility index (Phi) is 6.34. The summed E-state index contributed by atoms with van der Waals surface area (Å²) < 4.78 is 7.82. The highest BCUT2D eigenvalue weighted by molar-refractivity contribution is 5.13. The highest BCUT2D eigenvalue weighted by Gasteiger charge is 2.36. The van der Waals surface area contributed by atoms with Crippen molar-refractivity contribution in [3.8, 4) is 0 Å². The highest BCUT2D eigenvalue weighted by atomic mass is 16.5. The van der Waals surface area contributed by atoms with Gasteiger partial charge in [0.25, 0.3) is 0 Å². The van der Waals surface area contributed by atoms with Crippen LogP contribution in [0.1, 0.15) is 44.1 Å². The van der Waals surface area contributed by atoms with Gasteiger partial charge in [-0.25, -0.2) is 4.68 Å². The van der Waals surface area contributed by atoms with Gasteiger partial charge in [-0.05, 0) is 23.3 Å². The molecule has 2 aliphatic heterocycles. The van der Waals surface area contributed by atoms with E-state index in [0.29, 0.717) is 12.0 Å². The van der Waals surface area contributed by atoms with Crippen LogP contribution in [-0.2, 0) is 17.8 Å². The molecule has 0 amide bonds. The zero-order valence-corrected chi connectivity index (χ0v) is 17.2. The summed E-state index contributed by atoms with van der Waals surface area (Å²) in [5.74, 6) is 1.53. The number of hydrogen-bond donors (Lipinski definition) is 2. The molecule has 0 aliphatic carbocycles. The number of quaternary nitrogens is 2. The average Bonchev–Trinajstić information content (AvgIpc) is 3.37. The first-order valence-electron chi connectivity index (χ1n) is 10.8. The molecule has 2 aromatic rings. The number of piperazine rings is 1. The van der Waals surface area contributed by atoms with Crippen LogP contribution in [0, 0.1) is 5.92 Å². The molecule has 0 bridgehead atoms. The molecule has 2 fully saturated rings. The maximum atomic E-state index is 5.81. The second-order valence-electron chi connectivity index (χ2n) is 8.65. The molecule has 7 heteroatoms. The van der Waals surface area contributed by atoms with Crippen LogP contribution in [0.2, 0.25) is 0 Å². The zero-order chi connectivity index (χ0) is 19.3. The molecule has 0 spiro atoms. The minimum absolute atomic E-state index is 0.261. The third-order valence-corrected chi connectivity index (χ3v) is 6.24. The van der Waals surface area contributed by atoms with Crippen molar-refractivity contribution in [1.29, 1.82) is 0 Å². The Labute approximate surface area is 167 Å². The number of rotatable bonds is 7. The molecular weight excluding hydrogens is 352 g/mol. The van der Waals surface area contributed by atoms with Crippen molar-refractivity contribution in [2.24, 2.45) is 5.92 Å². The van der Waals surface area contributed by atoms with E-state index < -0.39 is 0 Å². The van der Waals surface area contributed by atoms with Crippen molar-refractivity contribution in [2.45, 2.75) is 51.9 Å². The fourth-order valence-corrected chi connectivity index (χ4v) is 4.79. The van der Waals surface area contributed by atoms with Crippen LogP contribution < -0.4 is 9.80 Å². The van der Waals surface area contributed by atoms with Crippen LogP contribution >= 0.6 is 0 Å². The normalized spacial score (nSPS) is 26.6. The first-order valence-corrected chi connectivity index (χ1v) is 10.8. The van der Waals surface area contributed by atoms with Gasteiger partial charge in [0.2, 0.25) is 5.82 Å². The van der Waals surface area contributed by atoms with E-state index in [2.05, 4.69) is 59.7 Å². The Balaban J connectivity index is 1.40. The van der Waals surface area contributed by atoms with Crippen molar-refractivity contribution in [3.05, 3.63) is 41.7 Å². The predicted molar refractivity (Wildman–Crippen MR) is 106 cm³/mol. The lowest BCUT2D eigenvalue weighted by molar-refractivity contribution is -1.03. The lowest BCUT2D eigenvalue weighted by Crippen LogP contribution is -3.27.